The quantitative estimate of drug-likeness (QED) is 0.776. The number of rotatable bonds is 0. The van der Waals surface area contributed by atoms with E-state index >= 15 is 0 Å². The summed E-state index contributed by atoms with van der Waals surface area (Å²) in [6, 6.07) is 5.74. The van der Waals surface area contributed by atoms with Crippen LogP contribution in [-0.4, -0.2) is 22.9 Å². The third kappa shape index (κ3) is 1.67. The molecule has 108 valence electrons. The van der Waals surface area contributed by atoms with Gasteiger partial charge in [-0.15, -0.1) is 11.8 Å². The number of thioether (sulfide) groups is 1. The fourth-order valence-electron chi connectivity index (χ4n) is 3.68. The fraction of sp³-hybridized carbons (Fsp3) is 0.333. The molecule has 0 fully saturated rings. The zero-order chi connectivity index (χ0) is 14.8. The van der Waals surface area contributed by atoms with Gasteiger partial charge < -0.3 is 10.0 Å². The summed E-state index contributed by atoms with van der Waals surface area (Å²) in [5.74, 6) is 0.815. The lowest BCUT2D eigenvalue weighted by molar-refractivity contribution is 0.473. The van der Waals surface area contributed by atoms with Crippen LogP contribution in [0.15, 0.2) is 48.1 Å². The topological polar surface area (TPSA) is 23.5 Å². The standard InChI is InChI=1S/C18H19NOS/c1-18(2)16-13-6-4-5-7-15(13)21-17(16)12-9-8-11(20)10-14(12)19(18)3/h4-10,13,15,20H,1-3H3. The Labute approximate surface area is 129 Å². The average Bonchev–Trinajstić information content (AvgIpc) is 2.85. The Bertz CT molecular complexity index is 714. The number of hydrogen-bond donors (Lipinski definition) is 1. The summed E-state index contributed by atoms with van der Waals surface area (Å²) in [6.07, 6.45) is 8.96. The summed E-state index contributed by atoms with van der Waals surface area (Å²) in [4.78, 5) is 3.70. The van der Waals surface area contributed by atoms with Gasteiger partial charge in [-0.05, 0) is 31.6 Å². The minimum absolute atomic E-state index is 0.0436. The first-order chi connectivity index (χ1) is 10.00. The molecular weight excluding hydrogens is 278 g/mol. The van der Waals surface area contributed by atoms with E-state index < -0.39 is 0 Å². The maximum atomic E-state index is 9.85. The van der Waals surface area contributed by atoms with Crippen molar-refractivity contribution in [3.05, 3.63) is 53.6 Å². The summed E-state index contributed by atoms with van der Waals surface area (Å²) >= 11 is 1.96. The predicted octanol–water partition coefficient (Wildman–Crippen LogP) is 4.19. The smallest absolute Gasteiger partial charge is 0.117 e. The van der Waals surface area contributed by atoms with Gasteiger partial charge in [0.2, 0.25) is 0 Å². The maximum absolute atomic E-state index is 9.85. The summed E-state index contributed by atoms with van der Waals surface area (Å²) in [5.41, 5.74) is 3.85. The molecule has 0 bridgehead atoms. The van der Waals surface area contributed by atoms with E-state index in [-0.39, 0.29) is 5.54 Å². The molecule has 2 nitrogen and oxygen atoms in total. The van der Waals surface area contributed by atoms with Crippen molar-refractivity contribution in [3.8, 4) is 5.75 Å². The van der Waals surface area contributed by atoms with Gasteiger partial charge in [-0.3, -0.25) is 0 Å². The van der Waals surface area contributed by atoms with E-state index in [2.05, 4.69) is 56.2 Å². The Balaban J connectivity index is 1.97. The number of benzene rings is 1. The first-order valence-electron chi connectivity index (χ1n) is 7.33. The van der Waals surface area contributed by atoms with E-state index in [1.165, 1.54) is 16.0 Å². The van der Waals surface area contributed by atoms with Crippen LogP contribution >= 0.6 is 11.8 Å². The SMILES string of the molecule is CN1c2cc(O)ccc2C2=C(C3C=CC=CC3S2)C1(C)C. The average molecular weight is 297 g/mol. The van der Waals surface area contributed by atoms with Gasteiger partial charge in [0.05, 0.1) is 5.54 Å². The monoisotopic (exact) mass is 297 g/mol. The zero-order valence-electron chi connectivity index (χ0n) is 12.5. The van der Waals surface area contributed by atoms with Crippen LogP contribution in [0.3, 0.4) is 0 Å². The van der Waals surface area contributed by atoms with Gasteiger partial charge in [0, 0.05) is 40.4 Å². The van der Waals surface area contributed by atoms with Crippen molar-refractivity contribution < 1.29 is 5.11 Å². The second kappa shape index (κ2) is 4.20. The van der Waals surface area contributed by atoms with Crippen molar-refractivity contribution in [2.75, 3.05) is 11.9 Å². The number of phenolic OH excluding ortho intramolecular Hbond substituents is 1. The van der Waals surface area contributed by atoms with E-state index in [1.54, 1.807) is 6.07 Å². The Kier molecular flexibility index (Phi) is 2.62. The molecule has 21 heavy (non-hydrogen) atoms. The van der Waals surface area contributed by atoms with Gasteiger partial charge in [-0.25, -0.2) is 0 Å². The molecule has 0 amide bonds. The molecule has 1 aromatic rings. The molecule has 2 unspecified atom stereocenters. The second-order valence-corrected chi connectivity index (χ2v) is 7.63. The predicted molar refractivity (Wildman–Crippen MR) is 90.7 cm³/mol. The van der Waals surface area contributed by atoms with Crippen LogP contribution in [0.1, 0.15) is 19.4 Å². The highest BCUT2D eigenvalue weighted by atomic mass is 32.2. The van der Waals surface area contributed by atoms with Crippen LogP contribution < -0.4 is 4.90 Å². The Hall–Kier alpha value is -1.61. The van der Waals surface area contributed by atoms with Gasteiger partial charge >= 0.3 is 0 Å². The minimum atomic E-state index is -0.0436. The molecule has 0 spiro atoms. The Morgan fingerprint density at radius 3 is 2.76 bits per heavy atom. The van der Waals surface area contributed by atoms with E-state index in [0.717, 1.165) is 5.69 Å². The molecule has 2 heterocycles. The van der Waals surface area contributed by atoms with Crippen LogP contribution in [-0.2, 0) is 0 Å². The summed E-state index contributed by atoms with van der Waals surface area (Å²) < 4.78 is 0. The number of allylic oxidation sites excluding steroid dienone is 3. The summed E-state index contributed by atoms with van der Waals surface area (Å²) in [7, 11) is 2.13. The molecule has 2 atom stereocenters. The lowest BCUT2D eigenvalue weighted by Gasteiger charge is -2.45. The molecule has 2 aliphatic heterocycles. The molecule has 1 aromatic carbocycles. The van der Waals surface area contributed by atoms with E-state index in [1.807, 2.05) is 17.8 Å². The number of fused-ring (bicyclic) bond motifs is 4. The molecule has 0 saturated carbocycles. The summed E-state index contributed by atoms with van der Waals surface area (Å²) in [6.45, 7) is 4.56. The van der Waals surface area contributed by atoms with Crippen molar-refractivity contribution in [2.24, 2.45) is 5.92 Å². The van der Waals surface area contributed by atoms with Crippen molar-refractivity contribution >= 4 is 22.4 Å². The molecule has 0 saturated heterocycles. The molecule has 1 N–H and O–H groups in total. The third-order valence-corrected chi connectivity index (χ3v) is 6.40. The number of aromatic hydroxyl groups is 1. The minimum Gasteiger partial charge on any atom is -0.508 e. The summed E-state index contributed by atoms with van der Waals surface area (Å²) in [5, 5.41) is 10.4. The van der Waals surface area contributed by atoms with Crippen LogP contribution in [0.4, 0.5) is 5.69 Å². The molecule has 4 rings (SSSR count). The second-order valence-electron chi connectivity index (χ2n) is 6.44. The van der Waals surface area contributed by atoms with Crippen molar-refractivity contribution in [3.63, 3.8) is 0 Å². The number of phenols is 1. The third-order valence-electron chi connectivity index (χ3n) is 5.00. The molecular formula is C18H19NOS. The normalized spacial score (nSPS) is 28.4. The molecule has 0 radical (unpaired) electrons. The van der Waals surface area contributed by atoms with E-state index in [9.17, 15) is 5.11 Å². The highest BCUT2D eigenvalue weighted by molar-refractivity contribution is 8.09. The van der Waals surface area contributed by atoms with E-state index in [4.69, 9.17) is 0 Å². The molecule has 3 heteroatoms. The number of likely N-dealkylation sites (N-methyl/N-ethyl adjacent to an activating group) is 1. The first-order valence-corrected chi connectivity index (χ1v) is 8.21. The number of anilines is 1. The largest absolute Gasteiger partial charge is 0.508 e. The fourth-order valence-corrected chi connectivity index (χ4v) is 5.30. The molecule has 1 aliphatic carbocycles. The number of nitrogens with zero attached hydrogens (tertiary/aromatic N) is 1. The van der Waals surface area contributed by atoms with Crippen molar-refractivity contribution in [1.29, 1.82) is 0 Å². The Morgan fingerprint density at radius 2 is 1.95 bits per heavy atom. The van der Waals surface area contributed by atoms with Crippen molar-refractivity contribution in [2.45, 2.75) is 24.6 Å². The van der Waals surface area contributed by atoms with Crippen LogP contribution in [0.25, 0.3) is 4.91 Å². The van der Waals surface area contributed by atoms with Gasteiger partial charge in [-0.1, -0.05) is 24.3 Å². The number of hydrogen-bond acceptors (Lipinski definition) is 3. The maximum Gasteiger partial charge on any atom is 0.117 e. The van der Waals surface area contributed by atoms with Gasteiger partial charge in [0.25, 0.3) is 0 Å². The molecule has 0 aromatic heterocycles. The van der Waals surface area contributed by atoms with Gasteiger partial charge in [0.1, 0.15) is 5.75 Å². The zero-order valence-corrected chi connectivity index (χ0v) is 13.3. The first kappa shape index (κ1) is 13.1. The van der Waals surface area contributed by atoms with Crippen LogP contribution in [0, 0.1) is 5.92 Å². The lowest BCUT2D eigenvalue weighted by Crippen LogP contribution is -2.47. The molecule has 3 aliphatic rings. The highest BCUT2D eigenvalue weighted by Gasteiger charge is 2.46. The van der Waals surface area contributed by atoms with Crippen LogP contribution in [0.5, 0.6) is 5.75 Å². The highest BCUT2D eigenvalue weighted by Crippen LogP contribution is 2.58. The Morgan fingerprint density at radius 1 is 1.19 bits per heavy atom. The van der Waals surface area contributed by atoms with Gasteiger partial charge in [0.15, 0.2) is 0 Å². The van der Waals surface area contributed by atoms with E-state index in [0.29, 0.717) is 16.9 Å². The lowest BCUT2D eigenvalue weighted by atomic mass is 9.76. The van der Waals surface area contributed by atoms with Crippen LogP contribution in [0.2, 0.25) is 0 Å². The van der Waals surface area contributed by atoms with Gasteiger partial charge in [-0.2, -0.15) is 0 Å². The van der Waals surface area contributed by atoms with Crippen molar-refractivity contribution in [1.82, 2.24) is 0 Å².